The Morgan fingerprint density at radius 1 is 1.40 bits per heavy atom. The normalized spacial score (nSPS) is 52.2. The monoisotopic (exact) mass is 146 g/mol. The molecule has 0 unspecified atom stereocenters. The van der Waals surface area contributed by atoms with Gasteiger partial charge >= 0.3 is 0 Å². The van der Waals surface area contributed by atoms with Gasteiger partial charge in [0.05, 0.1) is 19.8 Å². The molecule has 2 saturated heterocycles. The molecule has 3 heteroatoms. The van der Waals surface area contributed by atoms with Gasteiger partial charge in [0.1, 0.15) is 5.67 Å². The van der Waals surface area contributed by atoms with Gasteiger partial charge in [0, 0.05) is 5.41 Å². The van der Waals surface area contributed by atoms with Crippen LogP contribution < -0.4 is 0 Å². The highest BCUT2D eigenvalue weighted by Gasteiger charge is 2.58. The molecule has 2 aliphatic heterocycles. The number of aliphatic hydroxyl groups excluding tert-OH is 1. The predicted molar refractivity (Wildman–Crippen MR) is 33.4 cm³/mol. The number of hydrogen-bond donors (Lipinski definition) is 1. The number of hydrogen-bond acceptors (Lipinski definition) is 2. The van der Waals surface area contributed by atoms with Crippen molar-refractivity contribution in [1.29, 1.82) is 0 Å². The summed E-state index contributed by atoms with van der Waals surface area (Å²) in [4.78, 5) is 0. The first kappa shape index (κ1) is 6.55. The predicted octanol–water partition coefficient (Wildman–Crippen LogP) is 0.497. The molecule has 2 bridgehead atoms. The molecule has 0 aromatic rings. The smallest absolute Gasteiger partial charge is 0.135 e. The molecule has 2 heterocycles. The van der Waals surface area contributed by atoms with Crippen LogP contribution in [-0.4, -0.2) is 30.6 Å². The highest BCUT2D eigenvalue weighted by Crippen LogP contribution is 2.54. The van der Waals surface area contributed by atoms with Crippen LogP contribution in [0.25, 0.3) is 0 Å². The second-order valence-corrected chi connectivity index (χ2v) is 3.66. The van der Waals surface area contributed by atoms with Gasteiger partial charge < -0.3 is 9.84 Å². The molecule has 0 aromatic heterocycles. The van der Waals surface area contributed by atoms with Gasteiger partial charge in [-0.2, -0.15) is 0 Å². The van der Waals surface area contributed by atoms with E-state index < -0.39 is 5.67 Å². The number of fused-ring (bicyclic) bond motifs is 2. The molecule has 3 aliphatic rings. The van der Waals surface area contributed by atoms with E-state index in [0.717, 1.165) is 0 Å². The maximum absolute atomic E-state index is 13.1. The average molecular weight is 146 g/mol. The summed E-state index contributed by atoms with van der Waals surface area (Å²) in [7, 11) is 0. The zero-order chi connectivity index (χ0) is 7.24. The third kappa shape index (κ3) is 0.705. The summed E-state index contributed by atoms with van der Waals surface area (Å²) in [6.07, 6.45) is 0.993. The molecule has 10 heavy (non-hydrogen) atoms. The molecular weight excluding hydrogens is 135 g/mol. The first-order valence-corrected chi connectivity index (χ1v) is 3.56. The highest BCUT2D eigenvalue weighted by molar-refractivity contribution is 5.07. The maximum Gasteiger partial charge on any atom is 0.135 e. The summed E-state index contributed by atoms with van der Waals surface area (Å²) in [5.74, 6) is 0. The largest absolute Gasteiger partial charge is 0.396 e. The molecule has 1 aliphatic carbocycles. The first-order valence-electron chi connectivity index (χ1n) is 3.56. The molecule has 0 aromatic carbocycles. The molecule has 2 nitrogen and oxygen atoms in total. The lowest BCUT2D eigenvalue weighted by atomic mass is 9.59. The molecule has 0 amide bonds. The summed E-state index contributed by atoms with van der Waals surface area (Å²) in [6, 6.07) is 0. The second kappa shape index (κ2) is 1.71. The Hall–Kier alpha value is -0.150. The number of rotatable bonds is 1. The summed E-state index contributed by atoms with van der Waals surface area (Å²) < 4.78 is 18.1. The van der Waals surface area contributed by atoms with E-state index in [9.17, 15) is 4.39 Å². The van der Waals surface area contributed by atoms with Crippen LogP contribution in [0.15, 0.2) is 0 Å². The van der Waals surface area contributed by atoms with Crippen LogP contribution in [0.4, 0.5) is 4.39 Å². The van der Waals surface area contributed by atoms with Crippen LogP contribution in [0.2, 0.25) is 0 Å². The summed E-state index contributed by atoms with van der Waals surface area (Å²) in [6.45, 7) is 0.836. The Kier molecular flexibility index (Phi) is 1.12. The van der Waals surface area contributed by atoms with Crippen molar-refractivity contribution in [2.24, 2.45) is 5.41 Å². The fraction of sp³-hybridized carbons (Fsp3) is 1.00. The van der Waals surface area contributed by atoms with Crippen molar-refractivity contribution in [3.63, 3.8) is 0 Å². The Labute approximate surface area is 59.0 Å². The molecule has 1 N–H and O–H groups in total. The van der Waals surface area contributed by atoms with Crippen LogP contribution in [-0.2, 0) is 4.74 Å². The minimum absolute atomic E-state index is 0.0681. The molecule has 0 radical (unpaired) electrons. The van der Waals surface area contributed by atoms with Gasteiger partial charge in [-0.1, -0.05) is 0 Å². The van der Waals surface area contributed by atoms with Gasteiger partial charge in [-0.15, -0.1) is 0 Å². The Morgan fingerprint density at radius 3 is 2.50 bits per heavy atom. The van der Waals surface area contributed by atoms with Gasteiger partial charge in [-0.3, -0.25) is 0 Å². The van der Waals surface area contributed by atoms with Crippen LogP contribution in [0.3, 0.4) is 0 Å². The van der Waals surface area contributed by atoms with E-state index in [4.69, 9.17) is 9.84 Å². The standard InChI is InChI=1S/C7H11FO2/c8-7-1-6(2-7,3-9)4-10-5-7/h9H,1-5H2. The average Bonchev–Trinajstić information content (AvgIpc) is 1.86. The van der Waals surface area contributed by atoms with Crippen molar-refractivity contribution < 1.29 is 14.2 Å². The van der Waals surface area contributed by atoms with E-state index in [1.165, 1.54) is 0 Å². The van der Waals surface area contributed by atoms with E-state index in [0.29, 0.717) is 19.4 Å². The van der Waals surface area contributed by atoms with Crippen molar-refractivity contribution in [2.45, 2.75) is 18.5 Å². The lowest BCUT2D eigenvalue weighted by molar-refractivity contribution is -0.214. The molecule has 58 valence electrons. The van der Waals surface area contributed by atoms with E-state index >= 15 is 0 Å². The van der Waals surface area contributed by atoms with Crippen LogP contribution in [0.5, 0.6) is 0 Å². The topological polar surface area (TPSA) is 29.5 Å². The van der Waals surface area contributed by atoms with Crippen LogP contribution >= 0.6 is 0 Å². The highest BCUT2D eigenvalue weighted by atomic mass is 19.1. The second-order valence-electron chi connectivity index (χ2n) is 3.66. The third-order valence-corrected chi connectivity index (χ3v) is 2.49. The number of alkyl halides is 1. The van der Waals surface area contributed by atoms with Crippen molar-refractivity contribution in [3.05, 3.63) is 0 Å². The van der Waals surface area contributed by atoms with Gasteiger partial charge in [0.25, 0.3) is 0 Å². The SMILES string of the molecule is OCC12COCC(F)(C1)C2. The van der Waals surface area contributed by atoms with Crippen LogP contribution in [0.1, 0.15) is 12.8 Å². The van der Waals surface area contributed by atoms with E-state index in [1.807, 2.05) is 0 Å². The summed E-state index contributed by atoms with van der Waals surface area (Å²) >= 11 is 0. The van der Waals surface area contributed by atoms with Gasteiger partial charge in [-0.25, -0.2) is 4.39 Å². The Morgan fingerprint density at radius 2 is 2.10 bits per heavy atom. The van der Waals surface area contributed by atoms with Crippen LogP contribution in [0, 0.1) is 5.41 Å². The van der Waals surface area contributed by atoms with E-state index in [-0.39, 0.29) is 18.6 Å². The fourth-order valence-corrected chi connectivity index (χ4v) is 2.10. The minimum atomic E-state index is -1.10. The Balaban J connectivity index is 2.08. The van der Waals surface area contributed by atoms with Gasteiger partial charge in [-0.05, 0) is 12.8 Å². The molecule has 3 fully saturated rings. The number of halogens is 1. The van der Waals surface area contributed by atoms with E-state index in [1.54, 1.807) is 0 Å². The zero-order valence-corrected chi connectivity index (χ0v) is 5.77. The molecule has 3 rings (SSSR count). The summed E-state index contributed by atoms with van der Waals surface area (Å²) in [5, 5.41) is 8.86. The number of ether oxygens (including phenoxy) is 1. The number of aliphatic hydroxyl groups is 1. The third-order valence-electron chi connectivity index (χ3n) is 2.49. The van der Waals surface area contributed by atoms with Crippen molar-refractivity contribution in [2.75, 3.05) is 19.8 Å². The lowest BCUT2D eigenvalue weighted by Crippen LogP contribution is -2.60. The van der Waals surface area contributed by atoms with Crippen molar-refractivity contribution in [3.8, 4) is 0 Å². The van der Waals surface area contributed by atoms with Gasteiger partial charge in [0.15, 0.2) is 0 Å². The molecule has 1 saturated carbocycles. The molecule has 0 spiro atoms. The minimum Gasteiger partial charge on any atom is -0.396 e. The lowest BCUT2D eigenvalue weighted by Gasteiger charge is -2.54. The van der Waals surface area contributed by atoms with Crippen molar-refractivity contribution >= 4 is 0 Å². The zero-order valence-electron chi connectivity index (χ0n) is 5.77. The van der Waals surface area contributed by atoms with Gasteiger partial charge in [0.2, 0.25) is 0 Å². The maximum atomic E-state index is 13.1. The Bertz CT molecular complexity index is 152. The molecule has 0 atom stereocenters. The van der Waals surface area contributed by atoms with Crippen molar-refractivity contribution in [1.82, 2.24) is 0 Å². The first-order chi connectivity index (χ1) is 4.68. The van der Waals surface area contributed by atoms with E-state index in [2.05, 4.69) is 0 Å². The summed E-state index contributed by atoms with van der Waals surface area (Å²) in [5.41, 5.74) is -1.31. The fourth-order valence-electron chi connectivity index (χ4n) is 2.10. The quantitative estimate of drug-likeness (QED) is 0.583. The molecular formula is C7H11FO2.